The average molecular weight is 591 g/mol. The van der Waals surface area contributed by atoms with Crippen molar-refractivity contribution in [1.82, 2.24) is 14.2 Å². The Balaban J connectivity index is 1.14. The molecule has 10 heteroatoms. The van der Waals surface area contributed by atoms with Gasteiger partial charge in [-0.2, -0.15) is 13.2 Å². The molecule has 1 saturated carbocycles. The monoisotopic (exact) mass is 590 g/mol. The van der Waals surface area contributed by atoms with E-state index in [9.17, 15) is 23.1 Å². The van der Waals surface area contributed by atoms with Crippen LogP contribution in [0.5, 0.6) is 0 Å². The minimum atomic E-state index is -4.09. The number of alkyl halides is 3. The summed E-state index contributed by atoms with van der Waals surface area (Å²) in [6.45, 7) is 6.79. The molecule has 3 heterocycles. The second-order valence-corrected chi connectivity index (χ2v) is 12.9. The summed E-state index contributed by atoms with van der Waals surface area (Å²) in [4.78, 5) is 18.0. The molecular formula is C31H41F3N4O2S. The normalized spacial score (nSPS) is 23.6. The van der Waals surface area contributed by atoms with Crippen molar-refractivity contribution < 1.29 is 23.1 Å². The van der Waals surface area contributed by atoms with Crippen LogP contribution in [0.4, 0.5) is 13.2 Å². The van der Waals surface area contributed by atoms with Crippen LogP contribution in [-0.2, 0) is 11.3 Å². The standard InChI is InChI=1S/C31H41F3N4O2S/c1-21-20-27-26(9-15-37(27)14-3-18-39)22(2)25(21)10-19-41-38-16-12-30(13-17-38)29(40)35-28(36-30)24-6-4-23(5-7-24)8-11-31(32,33)34/h9-10,15,19-20,23-24,39H,3-8,11-14,16-18H2,1-2H3,(H,35,36,40)/b19-10+. The third-order valence-electron chi connectivity index (χ3n) is 9.21. The Hall–Kier alpha value is -2.30. The highest BCUT2D eigenvalue weighted by Gasteiger charge is 2.47. The number of amides is 1. The molecule has 3 aliphatic rings. The molecule has 1 aliphatic carbocycles. The van der Waals surface area contributed by atoms with Crippen molar-refractivity contribution in [1.29, 1.82) is 0 Å². The predicted octanol–water partition coefficient (Wildman–Crippen LogP) is 6.77. The highest BCUT2D eigenvalue weighted by atomic mass is 32.2. The van der Waals surface area contributed by atoms with Crippen molar-refractivity contribution in [2.24, 2.45) is 16.8 Å². The molecule has 5 rings (SSSR count). The van der Waals surface area contributed by atoms with Crippen molar-refractivity contribution in [3.8, 4) is 0 Å². The number of hydrogen-bond acceptors (Lipinski definition) is 5. The maximum Gasteiger partial charge on any atom is 0.389 e. The van der Waals surface area contributed by atoms with E-state index < -0.39 is 18.1 Å². The quantitative estimate of drug-likeness (QED) is 0.316. The Labute approximate surface area is 244 Å². The Kier molecular flexibility index (Phi) is 9.21. The van der Waals surface area contributed by atoms with E-state index in [1.165, 1.54) is 27.6 Å². The number of carbonyl (C=O) groups excluding carboxylic acids is 1. The van der Waals surface area contributed by atoms with Crippen LogP contribution in [0, 0.1) is 25.7 Å². The summed E-state index contributed by atoms with van der Waals surface area (Å²) in [6.07, 6.45) is 4.85. The molecule has 2 fully saturated rings. The van der Waals surface area contributed by atoms with Crippen LogP contribution in [0.1, 0.15) is 74.5 Å². The van der Waals surface area contributed by atoms with Gasteiger partial charge in [0.2, 0.25) is 0 Å². The molecule has 2 N–H and O–H groups in total. The van der Waals surface area contributed by atoms with E-state index >= 15 is 0 Å². The number of piperidine rings is 1. The number of amidine groups is 1. The first-order valence-corrected chi connectivity index (χ1v) is 15.7. The molecule has 6 nitrogen and oxygen atoms in total. The van der Waals surface area contributed by atoms with Crippen molar-refractivity contribution in [2.45, 2.75) is 89.9 Å². The predicted molar refractivity (Wildman–Crippen MR) is 160 cm³/mol. The number of carbonyl (C=O) groups is 1. The highest BCUT2D eigenvalue weighted by Crippen LogP contribution is 2.39. The number of fused-ring (bicyclic) bond motifs is 1. The number of benzene rings is 1. The van der Waals surface area contributed by atoms with Gasteiger partial charge < -0.3 is 15.0 Å². The number of aryl methyl sites for hydroxylation is 3. The fraction of sp³-hybridized carbons (Fsp3) is 0.613. The van der Waals surface area contributed by atoms with Gasteiger partial charge in [-0.15, -0.1) is 0 Å². The van der Waals surface area contributed by atoms with Gasteiger partial charge in [0.25, 0.3) is 5.91 Å². The zero-order valence-corrected chi connectivity index (χ0v) is 24.8. The van der Waals surface area contributed by atoms with E-state index in [0.29, 0.717) is 12.8 Å². The molecule has 2 aliphatic heterocycles. The molecule has 1 amide bonds. The first-order chi connectivity index (χ1) is 19.6. The number of halogens is 3. The van der Waals surface area contributed by atoms with Gasteiger partial charge in [-0.3, -0.25) is 9.79 Å². The summed E-state index contributed by atoms with van der Waals surface area (Å²) in [5.74, 6) is 1.00. The lowest BCUT2D eigenvalue weighted by molar-refractivity contribution is -0.138. The van der Waals surface area contributed by atoms with E-state index in [2.05, 4.69) is 57.9 Å². The molecule has 0 unspecified atom stereocenters. The summed E-state index contributed by atoms with van der Waals surface area (Å²) in [5.41, 5.74) is 4.17. The minimum absolute atomic E-state index is 0.0163. The summed E-state index contributed by atoms with van der Waals surface area (Å²) in [5, 5.41) is 15.6. The van der Waals surface area contributed by atoms with Crippen molar-refractivity contribution in [2.75, 3.05) is 19.7 Å². The van der Waals surface area contributed by atoms with Gasteiger partial charge in [0, 0.05) is 55.7 Å². The van der Waals surface area contributed by atoms with Crippen LogP contribution < -0.4 is 5.32 Å². The third kappa shape index (κ3) is 6.86. The van der Waals surface area contributed by atoms with Gasteiger partial charge in [0.05, 0.1) is 0 Å². The minimum Gasteiger partial charge on any atom is -0.396 e. The van der Waals surface area contributed by atoms with Crippen molar-refractivity contribution in [3.05, 3.63) is 40.4 Å². The molecule has 1 aromatic carbocycles. The molecule has 224 valence electrons. The molecule has 1 saturated heterocycles. The van der Waals surface area contributed by atoms with Gasteiger partial charge in [-0.05, 0) is 111 Å². The Morgan fingerprint density at radius 2 is 1.93 bits per heavy atom. The number of hydrogen-bond donors (Lipinski definition) is 2. The van der Waals surface area contributed by atoms with Gasteiger partial charge in [-0.25, -0.2) is 4.31 Å². The van der Waals surface area contributed by atoms with E-state index in [-0.39, 0.29) is 30.8 Å². The van der Waals surface area contributed by atoms with Gasteiger partial charge in [0.15, 0.2) is 0 Å². The highest BCUT2D eigenvalue weighted by molar-refractivity contribution is 8.00. The number of rotatable bonds is 9. The average Bonchev–Trinajstić information content (AvgIpc) is 3.49. The maximum atomic E-state index is 13.0. The smallest absolute Gasteiger partial charge is 0.389 e. The zero-order valence-electron chi connectivity index (χ0n) is 24.0. The third-order valence-corrected chi connectivity index (χ3v) is 10.1. The van der Waals surface area contributed by atoms with Crippen molar-refractivity contribution in [3.63, 3.8) is 0 Å². The van der Waals surface area contributed by atoms with Crippen LogP contribution in [0.15, 0.2) is 28.7 Å². The molecule has 0 atom stereocenters. The first kappa shape index (κ1) is 30.2. The SMILES string of the molecule is Cc1cc2c(ccn2CCCO)c(C)c1/C=C/SN1CCC2(CC1)N=C(C1CCC(CCC(F)(F)F)CC1)NC2=O. The summed E-state index contributed by atoms with van der Waals surface area (Å²) in [6, 6.07) is 4.37. The lowest BCUT2D eigenvalue weighted by Gasteiger charge is -2.34. The number of nitrogens with one attached hydrogen (secondary N) is 1. The van der Waals surface area contributed by atoms with E-state index in [1.807, 2.05) is 0 Å². The number of aliphatic hydroxyl groups excluding tert-OH is 1. The van der Waals surface area contributed by atoms with Gasteiger partial charge in [-0.1, -0.05) is 11.9 Å². The van der Waals surface area contributed by atoms with Crippen LogP contribution >= 0.6 is 11.9 Å². The second-order valence-electron chi connectivity index (χ2n) is 11.9. The second kappa shape index (κ2) is 12.5. The van der Waals surface area contributed by atoms with Gasteiger partial charge in [0.1, 0.15) is 11.4 Å². The fourth-order valence-corrected chi connectivity index (χ4v) is 7.45. The number of aliphatic hydroxyl groups is 1. The number of nitrogens with zero attached hydrogens (tertiary/aromatic N) is 3. The van der Waals surface area contributed by atoms with Crippen LogP contribution in [0.25, 0.3) is 17.0 Å². The molecule has 1 spiro atoms. The molecule has 41 heavy (non-hydrogen) atoms. The molecule has 2 aromatic rings. The molecule has 0 bridgehead atoms. The summed E-state index contributed by atoms with van der Waals surface area (Å²) >= 11 is 1.67. The Bertz CT molecular complexity index is 1300. The topological polar surface area (TPSA) is 69.9 Å². The lowest BCUT2D eigenvalue weighted by Crippen LogP contribution is -2.47. The van der Waals surface area contributed by atoms with Crippen LogP contribution in [0.2, 0.25) is 0 Å². The molecular weight excluding hydrogens is 549 g/mol. The maximum absolute atomic E-state index is 13.0. The number of aromatic nitrogens is 1. The first-order valence-electron chi connectivity index (χ1n) is 14.8. The number of aliphatic imine (C=N–C) groups is 1. The van der Waals surface area contributed by atoms with E-state index in [0.717, 1.165) is 57.6 Å². The van der Waals surface area contributed by atoms with E-state index in [4.69, 9.17) is 4.99 Å². The summed E-state index contributed by atoms with van der Waals surface area (Å²) < 4.78 is 42.2. The summed E-state index contributed by atoms with van der Waals surface area (Å²) in [7, 11) is 0. The van der Waals surface area contributed by atoms with Crippen LogP contribution in [-0.4, -0.2) is 57.1 Å². The fourth-order valence-electron chi connectivity index (χ4n) is 6.69. The molecule has 0 radical (unpaired) electrons. The molecule has 1 aromatic heterocycles. The van der Waals surface area contributed by atoms with Crippen LogP contribution in [0.3, 0.4) is 0 Å². The van der Waals surface area contributed by atoms with E-state index in [1.54, 1.807) is 11.9 Å². The van der Waals surface area contributed by atoms with Crippen molar-refractivity contribution >= 4 is 40.7 Å². The Morgan fingerprint density at radius 1 is 1.20 bits per heavy atom. The Morgan fingerprint density at radius 3 is 2.61 bits per heavy atom. The largest absolute Gasteiger partial charge is 0.396 e. The van der Waals surface area contributed by atoms with Gasteiger partial charge >= 0.3 is 6.18 Å². The lowest BCUT2D eigenvalue weighted by atomic mass is 9.79. The zero-order chi connectivity index (χ0) is 29.2.